The Labute approximate surface area is 198 Å². The van der Waals surface area contributed by atoms with Gasteiger partial charge in [-0.1, -0.05) is 67.9 Å². The molecule has 31 heavy (non-hydrogen) atoms. The normalized spacial score (nSPS) is 10.8. The number of imidazole rings is 1. The predicted molar refractivity (Wildman–Crippen MR) is 138 cm³/mol. The van der Waals surface area contributed by atoms with Crippen molar-refractivity contribution in [3.8, 4) is 11.3 Å². The number of aromatic nitrogens is 3. The van der Waals surface area contributed by atoms with Gasteiger partial charge in [-0.15, -0.1) is 0 Å². The number of aryl methyl sites for hydroxylation is 1. The molecule has 0 fully saturated rings. The molecule has 4 nitrogen and oxygen atoms in total. The Kier molecular flexibility index (Phi) is 7.79. The van der Waals surface area contributed by atoms with Crippen molar-refractivity contribution in [1.29, 1.82) is 0 Å². The monoisotopic (exact) mass is 496 g/mol. The van der Waals surface area contributed by atoms with E-state index in [1.807, 2.05) is 27.2 Å². The SMILES string of the molecule is CC.CC(C)c1ccccc1-c1nc(N(C)Sc2ccc(Br)cc2)cc2c1ncn2C. The van der Waals surface area contributed by atoms with Crippen LogP contribution in [0, 0.1) is 0 Å². The Hall–Kier alpha value is -2.31. The first-order valence-electron chi connectivity index (χ1n) is 10.5. The maximum atomic E-state index is 5.06. The third-order valence-electron chi connectivity index (χ3n) is 4.92. The first-order chi connectivity index (χ1) is 14.9. The number of fused-ring (bicyclic) bond motifs is 1. The molecular formula is C25H29BrN4S. The van der Waals surface area contributed by atoms with Gasteiger partial charge in [-0.25, -0.2) is 9.97 Å². The highest BCUT2D eigenvalue weighted by Crippen LogP contribution is 2.36. The van der Waals surface area contributed by atoms with Gasteiger partial charge in [0.15, 0.2) is 0 Å². The van der Waals surface area contributed by atoms with Crippen molar-refractivity contribution in [3.63, 3.8) is 0 Å². The van der Waals surface area contributed by atoms with Crippen LogP contribution in [0.4, 0.5) is 5.82 Å². The number of rotatable bonds is 5. The topological polar surface area (TPSA) is 34.0 Å². The van der Waals surface area contributed by atoms with Crippen molar-refractivity contribution in [3.05, 3.63) is 71.0 Å². The molecule has 0 aliphatic rings. The minimum atomic E-state index is 0.408. The van der Waals surface area contributed by atoms with E-state index in [0.717, 1.165) is 37.5 Å². The fourth-order valence-corrected chi connectivity index (χ4v) is 4.41. The van der Waals surface area contributed by atoms with Crippen LogP contribution in [-0.2, 0) is 7.05 Å². The van der Waals surface area contributed by atoms with Crippen LogP contribution in [0.3, 0.4) is 0 Å². The lowest BCUT2D eigenvalue weighted by Crippen LogP contribution is -2.09. The van der Waals surface area contributed by atoms with Gasteiger partial charge in [-0.05, 0) is 47.7 Å². The quantitative estimate of drug-likeness (QED) is 0.265. The molecule has 0 aliphatic heterocycles. The van der Waals surface area contributed by atoms with Crippen molar-refractivity contribution in [1.82, 2.24) is 14.5 Å². The van der Waals surface area contributed by atoms with Crippen LogP contribution in [0.25, 0.3) is 22.3 Å². The van der Waals surface area contributed by atoms with E-state index >= 15 is 0 Å². The van der Waals surface area contributed by atoms with E-state index < -0.39 is 0 Å². The molecule has 4 aromatic rings. The Balaban J connectivity index is 0.00000132. The zero-order chi connectivity index (χ0) is 22.5. The molecule has 2 aromatic heterocycles. The number of hydrogen-bond acceptors (Lipinski definition) is 4. The Morgan fingerprint density at radius 1 is 1.03 bits per heavy atom. The van der Waals surface area contributed by atoms with Crippen molar-refractivity contribution < 1.29 is 0 Å². The van der Waals surface area contributed by atoms with Crippen LogP contribution >= 0.6 is 27.9 Å². The molecule has 2 aromatic carbocycles. The van der Waals surface area contributed by atoms with Crippen LogP contribution in [0.1, 0.15) is 39.2 Å². The Morgan fingerprint density at radius 2 is 1.71 bits per heavy atom. The summed E-state index contributed by atoms with van der Waals surface area (Å²) < 4.78 is 5.24. The van der Waals surface area contributed by atoms with Crippen molar-refractivity contribution in [2.24, 2.45) is 7.05 Å². The third-order valence-corrected chi connectivity index (χ3v) is 6.39. The second kappa shape index (κ2) is 10.3. The average Bonchev–Trinajstić information content (AvgIpc) is 3.17. The van der Waals surface area contributed by atoms with Crippen molar-refractivity contribution >= 4 is 44.7 Å². The molecule has 4 rings (SSSR count). The highest BCUT2D eigenvalue weighted by Gasteiger charge is 2.18. The van der Waals surface area contributed by atoms with E-state index in [9.17, 15) is 0 Å². The van der Waals surface area contributed by atoms with E-state index in [0.29, 0.717) is 5.92 Å². The number of halogens is 1. The lowest BCUT2D eigenvalue weighted by atomic mass is 9.94. The summed E-state index contributed by atoms with van der Waals surface area (Å²) in [5.41, 5.74) is 5.38. The molecule has 2 heterocycles. The van der Waals surface area contributed by atoms with Crippen molar-refractivity contribution in [2.75, 3.05) is 11.4 Å². The summed E-state index contributed by atoms with van der Waals surface area (Å²) in [6.45, 7) is 8.43. The molecule has 6 heteroatoms. The molecule has 0 saturated heterocycles. The highest BCUT2D eigenvalue weighted by molar-refractivity contribution is 9.10. The van der Waals surface area contributed by atoms with Gasteiger partial charge in [0, 0.05) is 35.1 Å². The summed E-state index contributed by atoms with van der Waals surface area (Å²) in [5.74, 6) is 1.31. The average molecular weight is 498 g/mol. The maximum Gasteiger partial charge on any atom is 0.141 e. The van der Waals surface area contributed by atoms with E-state index in [2.05, 4.69) is 105 Å². The van der Waals surface area contributed by atoms with Gasteiger partial charge in [0.25, 0.3) is 0 Å². The van der Waals surface area contributed by atoms with Crippen LogP contribution < -0.4 is 4.31 Å². The first-order valence-corrected chi connectivity index (χ1v) is 12.1. The second-order valence-electron chi connectivity index (χ2n) is 7.34. The summed E-state index contributed by atoms with van der Waals surface area (Å²) in [6.07, 6.45) is 1.86. The molecular weight excluding hydrogens is 468 g/mol. The first kappa shape index (κ1) is 23.4. The zero-order valence-corrected chi connectivity index (χ0v) is 21.3. The fourth-order valence-electron chi connectivity index (χ4n) is 3.38. The molecule has 0 atom stereocenters. The maximum absolute atomic E-state index is 5.06. The third kappa shape index (κ3) is 5.13. The lowest BCUT2D eigenvalue weighted by Gasteiger charge is -2.19. The molecule has 0 radical (unpaired) electrons. The fraction of sp³-hybridized carbons (Fsp3) is 0.280. The van der Waals surface area contributed by atoms with E-state index in [1.165, 1.54) is 5.56 Å². The standard InChI is InChI=1S/C23H23BrN4S.C2H6/c1-15(2)18-7-5-6-8-19(18)22-23-20(27(3)14-25-23)13-21(26-22)28(4)29-17-11-9-16(24)10-12-17;1-2/h5-15H,1-4H3;1-2H3. The van der Waals surface area contributed by atoms with E-state index in [-0.39, 0.29) is 0 Å². The van der Waals surface area contributed by atoms with Gasteiger partial charge < -0.3 is 4.57 Å². The molecule has 162 valence electrons. The Bertz CT molecular complexity index is 1150. The minimum absolute atomic E-state index is 0.408. The molecule has 0 bridgehead atoms. The van der Waals surface area contributed by atoms with Gasteiger partial charge in [-0.3, -0.25) is 4.31 Å². The summed E-state index contributed by atoms with van der Waals surface area (Å²) in [7, 11) is 4.08. The number of pyridine rings is 1. The van der Waals surface area contributed by atoms with Crippen LogP contribution in [0.2, 0.25) is 0 Å². The zero-order valence-electron chi connectivity index (χ0n) is 18.9. The molecule has 0 N–H and O–H groups in total. The number of benzene rings is 2. The largest absolute Gasteiger partial charge is 0.334 e. The number of hydrogen-bond donors (Lipinski definition) is 0. The Morgan fingerprint density at radius 3 is 2.39 bits per heavy atom. The molecule has 0 unspecified atom stereocenters. The summed E-state index contributed by atoms with van der Waals surface area (Å²) >= 11 is 5.15. The smallest absolute Gasteiger partial charge is 0.141 e. The van der Waals surface area contributed by atoms with Gasteiger partial charge in [-0.2, -0.15) is 0 Å². The second-order valence-corrected chi connectivity index (χ2v) is 9.45. The summed E-state index contributed by atoms with van der Waals surface area (Å²) in [5, 5.41) is 0. The van der Waals surface area contributed by atoms with Gasteiger partial charge >= 0.3 is 0 Å². The molecule has 0 saturated carbocycles. The van der Waals surface area contributed by atoms with E-state index in [1.54, 1.807) is 11.9 Å². The molecule has 0 amide bonds. The summed E-state index contributed by atoms with van der Waals surface area (Å²) in [4.78, 5) is 10.9. The predicted octanol–water partition coefficient (Wildman–Crippen LogP) is 7.69. The van der Waals surface area contributed by atoms with Crippen LogP contribution in [-0.4, -0.2) is 21.6 Å². The van der Waals surface area contributed by atoms with Gasteiger partial charge in [0.1, 0.15) is 17.0 Å². The van der Waals surface area contributed by atoms with E-state index in [4.69, 9.17) is 4.98 Å². The van der Waals surface area contributed by atoms with Crippen LogP contribution in [0.15, 0.2) is 70.3 Å². The van der Waals surface area contributed by atoms with Crippen LogP contribution in [0.5, 0.6) is 0 Å². The molecule has 0 aliphatic carbocycles. The summed E-state index contributed by atoms with van der Waals surface area (Å²) in [6, 6.07) is 18.9. The van der Waals surface area contributed by atoms with Gasteiger partial charge in [0.05, 0.1) is 11.8 Å². The lowest BCUT2D eigenvalue weighted by molar-refractivity contribution is 0.868. The highest BCUT2D eigenvalue weighted by atomic mass is 79.9. The van der Waals surface area contributed by atoms with Crippen molar-refractivity contribution in [2.45, 2.75) is 38.5 Å². The molecule has 0 spiro atoms. The number of anilines is 1. The minimum Gasteiger partial charge on any atom is -0.334 e. The number of nitrogens with zero attached hydrogens (tertiary/aromatic N) is 4. The van der Waals surface area contributed by atoms with Gasteiger partial charge in [0.2, 0.25) is 0 Å².